The van der Waals surface area contributed by atoms with E-state index in [1.165, 1.54) is 31.4 Å². The third-order valence-corrected chi connectivity index (χ3v) is 7.78. The number of hydrazone groups is 1. The van der Waals surface area contributed by atoms with Gasteiger partial charge >= 0.3 is 11.9 Å². The fourth-order valence-electron chi connectivity index (χ4n) is 4.87. The summed E-state index contributed by atoms with van der Waals surface area (Å²) in [6.45, 7) is 14.8. The average molecular weight is 652 g/mol. The number of hydrogen-bond donors (Lipinski definition) is 1. The van der Waals surface area contributed by atoms with E-state index in [9.17, 15) is 19.2 Å². The third kappa shape index (κ3) is 7.35. The van der Waals surface area contributed by atoms with Crippen LogP contribution >= 0.6 is 0 Å². The highest BCUT2D eigenvalue weighted by Crippen LogP contribution is 2.29. The minimum atomic E-state index is -0.788. The van der Waals surface area contributed by atoms with Gasteiger partial charge in [0.05, 0.1) is 31.2 Å². The number of methoxy groups -OCH3 is 2. The molecule has 2 amide bonds. The standard InChI is InChI=1S/C37H41N5O6/c1-21-11-13-23(3)29(19-21)41-25(5)27(31(39-41)34(44)47-9)17-15-26(38-36(46)37(6,7)8)16-18-28-32(35(45)48-10)40-42(33(28)43)30-20-22(2)12-14-24(30)4/h11-20H,1-10H3,(H,38,46)/b17-15+,26-16-,28-18-. The zero-order chi connectivity index (χ0) is 35.5. The fourth-order valence-corrected chi connectivity index (χ4v) is 4.87. The van der Waals surface area contributed by atoms with Crippen LogP contribution in [0.1, 0.15) is 64.8 Å². The Morgan fingerprint density at radius 1 is 0.854 bits per heavy atom. The molecule has 0 atom stereocenters. The van der Waals surface area contributed by atoms with Gasteiger partial charge in [-0.2, -0.15) is 15.2 Å². The molecule has 0 radical (unpaired) electrons. The summed E-state index contributed by atoms with van der Waals surface area (Å²) in [4.78, 5) is 52.5. The second-order valence-electron chi connectivity index (χ2n) is 12.6. The van der Waals surface area contributed by atoms with Gasteiger partial charge in [0, 0.05) is 22.4 Å². The number of amides is 2. The molecule has 0 aliphatic carbocycles. The van der Waals surface area contributed by atoms with Gasteiger partial charge in [-0.1, -0.05) is 45.0 Å². The number of rotatable bonds is 8. The van der Waals surface area contributed by atoms with E-state index in [0.717, 1.165) is 27.9 Å². The van der Waals surface area contributed by atoms with E-state index >= 15 is 0 Å². The summed E-state index contributed by atoms with van der Waals surface area (Å²) in [7, 11) is 2.49. The van der Waals surface area contributed by atoms with Crippen LogP contribution in [-0.4, -0.2) is 53.5 Å². The summed E-state index contributed by atoms with van der Waals surface area (Å²) in [5.41, 5.74) is 5.56. The van der Waals surface area contributed by atoms with Crippen LogP contribution in [0.3, 0.4) is 0 Å². The molecule has 1 aromatic heterocycles. The summed E-state index contributed by atoms with van der Waals surface area (Å²) in [5.74, 6) is -2.26. The van der Waals surface area contributed by atoms with Gasteiger partial charge in [-0.05, 0) is 93.3 Å². The number of benzene rings is 2. The number of nitrogens with zero attached hydrogens (tertiary/aromatic N) is 4. The maximum atomic E-state index is 13.7. The predicted octanol–water partition coefficient (Wildman–Crippen LogP) is 5.76. The first-order valence-corrected chi connectivity index (χ1v) is 15.3. The van der Waals surface area contributed by atoms with Gasteiger partial charge in [0.25, 0.3) is 5.91 Å². The van der Waals surface area contributed by atoms with E-state index in [2.05, 4.69) is 15.5 Å². The lowest BCUT2D eigenvalue weighted by atomic mass is 9.95. The number of aromatic nitrogens is 2. The first-order chi connectivity index (χ1) is 22.6. The summed E-state index contributed by atoms with van der Waals surface area (Å²) in [5, 5.41) is 13.0. The van der Waals surface area contributed by atoms with Crippen LogP contribution in [0.4, 0.5) is 5.69 Å². The normalized spacial score (nSPS) is 14.5. The molecule has 0 saturated carbocycles. The lowest BCUT2D eigenvalue weighted by molar-refractivity contribution is -0.132. The molecular formula is C37H41N5O6. The van der Waals surface area contributed by atoms with E-state index < -0.39 is 23.3 Å². The van der Waals surface area contributed by atoms with E-state index in [1.54, 1.807) is 37.6 Å². The Labute approximate surface area is 280 Å². The van der Waals surface area contributed by atoms with Gasteiger partial charge < -0.3 is 14.8 Å². The lowest BCUT2D eigenvalue weighted by Gasteiger charge is -2.18. The quantitative estimate of drug-likeness (QED) is 0.186. The van der Waals surface area contributed by atoms with E-state index in [4.69, 9.17) is 9.47 Å². The van der Waals surface area contributed by atoms with Crippen LogP contribution in [0, 0.1) is 40.0 Å². The maximum absolute atomic E-state index is 13.7. The Morgan fingerprint density at radius 2 is 1.44 bits per heavy atom. The Morgan fingerprint density at radius 3 is 2.02 bits per heavy atom. The van der Waals surface area contributed by atoms with Crippen molar-refractivity contribution < 1.29 is 28.7 Å². The Hall–Kier alpha value is -5.58. The van der Waals surface area contributed by atoms with Gasteiger partial charge in [-0.25, -0.2) is 14.3 Å². The molecule has 1 aliphatic heterocycles. The van der Waals surface area contributed by atoms with E-state index in [1.807, 2.05) is 71.0 Å². The van der Waals surface area contributed by atoms with Crippen LogP contribution in [-0.2, 0) is 23.9 Å². The van der Waals surface area contributed by atoms with Crippen molar-refractivity contribution in [1.82, 2.24) is 15.1 Å². The zero-order valence-corrected chi connectivity index (χ0v) is 29.0. The molecule has 2 heterocycles. The first-order valence-electron chi connectivity index (χ1n) is 15.3. The van der Waals surface area contributed by atoms with Crippen LogP contribution in [0.5, 0.6) is 0 Å². The first kappa shape index (κ1) is 35.3. The number of carbonyl (C=O) groups is 4. The molecule has 0 bridgehead atoms. The smallest absolute Gasteiger partial charge is 0.359 e. The van der Waals surface area contributed by atoms with Crippen molar-refractivity contribution >= 4 is 41.2 Å². The van der Waals surface area contributed by atoms with Crippen molar-refractivity contribution in [3.8, 4) is 5.69 Å². The number of esters is 2. The minimum Gasteiger partial charge on any atom is -0.464 e. The predicted molar refractivity (Wildman–Crippen MR) is 185 cm³/mol. The van der Waals surface area contributed by atoms with Gasteiger partial charge in [-0.15, -0.1) is 0 Å². The van der Waals surface area contributed by atoms with Crippen LogP contribution in [0.2, 0.25) is 0 Å². The summed E-state index contributed by atoms with van der Waals surface area (Å²) >= 11 is 0. The Bertz CT molecular complexity index is 1940. The molecule has 11 nitrogen and oxygen atoms in total. The van der Waals surface area contributed by atoms with Crippen molar-refractivity contribution in [1.29, 1.82) is 0 Å². The van der Waals surface area contributed by atoms with Crippen molar-refractivity contribution in [3.05, 3.63) is 105 Å². The number of carbonyl (C=O) groups excluding carboxylic acids is 4. The molecule has 11 heteroatoms. The summed E-state index contributed by atoms with van der Waals surface area (Å²) in [6, 6.07) is 11.5. The van der Waals surface area contributed by atoms with Gasteiger partial charge in [0.2, 0.25) is 5.91 Å². The third-order valence-electron chi connectivity index (χ3n) is 7.78. The van der Waals surface area contributed by atoms with Crippen LogP contribution in [0.15, 0.2) is 71.0 Å². The number of nitrogens with one attached hydrogen (secondary N) is 1. The van der Waals surface area contributed by atoms with Gasteiger partial charge in [0.1, 0.15) is 0 Å². The number of anilines is 1. The number of aryl methyl sites for hydroxylation is 4. The monoisotopic (exact) mass is 651 g/mol. The van der Waals surface area contributed by atoms with Gasteiger partial charge in [0.15, 0.2) is 11.4 Å². The molecule has 0 saturated heterocycles. The van der Waals surface area contributed by atoms with Crippen LogP contribution < -0.4 is 10.3 Å². The molecule has 1 N–H and O–H groups in total. The second-order valence-corrected chi connectivity index (χ2v) is 12.6. The molecule has 0 fully saturated rings. The lowest BCUT2D eigenvalue weighted by Crippen LogP contribution is -2.33. The summed E-state index contributed by atoms with van der Waals surface area (Å²) < 4.78 is 11.7. The largest absolute Gasteiger partial charge is 0.464 e. The maximum Gasteiger partial charge on any atom is 0.359 e. The fraction of sp³-hybridized carbons (Fsp3) is 0.297. The van der Waals surface area contributed by atoms with E-state index in [0.29, 0.717) is 16.9 Å². The second kappa shape index (κ2) is 14.0. The number of allylic oxidation sites excluding steroid dienone is 3. The SMILES string of the molecule is COC(=O)C1=NN(c2cc(C)ccc2C)C(=O)\C1=C/C=C(/C=C/c1c(C(=O)OC)nn(-c2cc(C)ccc2C)c1C)NC(=O)C(C)(C)C. The number of hydrogen-bond acceptors (Lipinski definition) is 8. The van der Waals surface area contributed by atoms with Crippen molar-refractivity contribution in [3.63, 3.8) is 0 Å². The topological polar surface area (TPSA) is 132 Å². The van der Waals surface area contributed by atoms with Crippen molar-refractivity contribution in [2.24, 2.45) is 10.5 Å². The molecule has 4 rings (SSSR count). The molecular weight excluding hydrogens is 610 g/mol. The Kier molecular flexibility index (Phi) is 10.3. The minimum absolute atomic E-state index is 0.0205. The van der Waals surface area contributed by atoms with Gasteiger partial charge in [-0.3, -0.25) is 9.59 Å². The average Bonchev–Trinajstić information content (AvgIpc) is 3.55. The molecule has 2 aromatic carbocycles. The number of ether oxygens (including phenoxy) is 2. The zero-order valence-electron chi connectivity index (χ0n) is 29.0. The Balaban J connectivity index is 1.85. The highest BCUT2D eigenvalue weighted by molar-refractivity contribution is 6.53. The molecule has 0 spiro atoms. The molecule has 3 aromatic rings. The molecule has 250 valence electrons. The van der Waals surface area contributed by atoms with E-state index in [-0.39, 0.29) is 28.6 Å². The highest BCUT2D eigenvalue weighted by atomic mass is 16.5. The molecule has 1 aliphatic rings. The van der Waals surface area contributed by atoms with Crippen LogP contribution in [0.25, 0.3) is 11.8 Å². The van der Waals surface area contributed by atoms with Crippen molar-refractivity contribution in [2.75, 3.05) is 19.2 Å². The van der Waals surface area contributed by atoms with Crippen molar-refractivity contribution in [2.45, 2.75) is 55.4 Å². The highest BCUT2D eigenvalue weighted by Gasteiger charge is 2.36. The molecule has 0 unspecified atom stereocenters. The molecule has 48 heavy (non-hydrogen) atoms. The summed E-state index contributed by atoms with van der Waals surface area (Å²) in [6.07, 6.45) is 6.17.